The lowest BCUT2D eigenvalue weighted by Gasteiger charge is -2.01. The minimum absolute atomic E-state index is 0.289. The number of primary amides is 1. The quantitative estimate of drug-likeness (QED) is 0.675. The first-order valence-electron chi connectivity index (χ1n) is 6.82. The summed E-state index contributed by atoms with van der Waals surface area (Å²) in [5, 5.41) is 13.7. The van der Waals surface area contributed by atoms with E-state index in [-0.39, 0.29) is 11.6 Å². The van der Waals surface area contributed by atoms with Crippen molar-refractivity contribution in [2.45, 2.75) is 0 Å². The highest BCUT2D eigenvalue weighted by Crippen LogP contribution is 2.25. The number of hydrogen-bond acceptors (Lipinski definition) is 5. The molecule has 0 aliphatic rings. The maximum absolute atomic E-state index is 12.2. The van der Waals surface area contributed by atoms with Gasteiger partial charge in [0.1, 0.15) is 5.69 Å². The molecule has 0 fully saturated rings. The zero-order valence-corrected chi connectivity index (χ0v) is 13.1. The average Bonchev–Trinajstić information content (AvgIpc) is 3.24. The van der Waals surface area contributed by atoms with Crippen molar-refractivity contribution in [2.24, 2.45) is 5.73 Å². The van der Waals surface area contributed by atoms with Gasteiger partial charge in [-0.1, -0.05) is 6.07 Å². The topological polar surface area (TPSA) is 125 Å². The predicted octanol–water partition coefficient (Wildman–Crippen LogP) is 2.36. The van der Waals surface area contributed by atoms with E-state index in [2.05, 4.69) is 15.3 Å². The maximum Gasteiger partial charge on any atom is 0.265 e. The van der Waals surface area contributed by atoms with E-state index >= 15 is 0 Å². The van der Waals surface area contributed by atoms with Crippen LogP contribution in [0.4, 0.5) is 5.13 Å². The molecule has 2 aromatic heterocycles. The minimum Gasteiger partial charge on any atom is -0.364 e. The van der Waals surface area contributed by atoms with Crippen LogP contribution in [0.15, 0.2) is 41.9 Å². The summed E-state index contributed by atoms with van der Waals surface area (Å²) in [5.74, 6) is -0.901. The zero-order chi connectivity index (χ0) is 17.1. The Kier molecular flexibility index (Phi) is 4.09. The third kappa shape index (κ3) is 3.16. The number of carbonyl (C=O) groups is 2. The Morgan fingerprint density at radius 2 is 2.17 bits per heavy atom. The Morgan fingerprint density at radius 1 is 1.33 bits per heavy atom. The van der Waals surface area contributed by atoms with Crippen molar-refractivity contribution in [3.05, 3.63) is 58.7 Å². The van der Waals surface area contributed by atoms with Crippen molar-refractivity contribution in [1.29, 1.82) is 5.26 Å². The summed E-state index contributed by atoms with van der Waals surface area (Å²) >= 11 is 1.26. The molecule has 0 saturated heterocycles. The van der Waals surface area contributed by atoms with Gasteiger partial charge in [0.2, 0.25) is 0 Å². The van der Waals surface area contributed by atoms with Crippen molar-refractivity contribution in [2.75, 3.05) is 5.32 Å². The molecule has 24 heavy (non-hydrogen) atoms. The van der Waals surface area contributed by atoms with Crippen LogP contribution in [0.25, 0.3) is 11.3 Å². The molecule has 2 heterocycles. The van der Waals surface area contributed by atoms with Crippen LogP contribution < -0.4 is 11.1 Å². The number of thiazole rings is 1. The third-order valence-electron chi connectivity index (χ3n) is 3.22. The average molecular weight is 337 g/mol. The summed E-state index contributed by atoms with van der Waals surface area (Å²) in [6.45, 7) is 0. The number of aromatic amines is 1. The first-order valence-corrected chi connectivity index (χ1v) is 7.70. The van der Waals surface area contributed by atoms with Crippen LogP contribution in [0.5, 0.6) is 0 Å². The van der Waals surface area contributed by atoms with Crippen molar-refractivity contribution in [3.63, 3.8) is 0 Å². The number of nitrogens with two attached hydrogens (primary N) is 1. The molecule has 118 valence electrons. The second-order valence-electron chi connectivity index (χ2n) is 4.85. The van der Waals surface area contributed by atoms with Crippen LogP contribution in [0.1, 0.15) is 26.4 Å². The van der Waals surface area contributed by atoms with Crippen LogP contribution in [0, 0.1) is 11.3 Å². The van der Waals surface area contributed by atoms with E-state index in [0.29, 0.717) is 27.5 Å². The largest absolute Gasteiger partial charge is 0.364 e. The minimum atomic E-state index is -0.553. The number of hydrogen-bond donors (Lipinski definition) is 3. The molecule has 0 bridgehead atoms. The van der Waals surface area contributed by atoms with E-state index < -0.39 is 5.91 Å². The Hall–Kier alpha value is -3.44. The van der Waals surface area contributed by atoms with Crippen LogP contribution in [0.3, 0.4) is 0 Å². The monoisotopic (exact) mass is 337 g/mol. The predicted molar refractivity (Wildman–Crippen MR) is 89.5 cm³/mol. The summed E-state index contributed by atoms with van der Waals surface area (Å²) in [6.07, 6.45) is 1.62. The number of aromatic nitrogens is 2. The Bertz CT molecular complexity index is 967. The number of anilines is 1. The standard InChI is InChI=1S/C16H11N5O2S/c17-6-9-2-1-3-10(4-9)15(23)21-16-20-13(8-24-16)11-5-12(14(18)22)19-7-11/h1-5,7-8,19H,(H2,18,22)(H,20,21,23). The molecule has 7 nitrogen and oxygen atoms in total. The van der Waals surface area contributed by atoms with Gasteiger partial charge in [-0.15, -0.1) is 11.3 Å². The van der Waals surface area contributed by atoms with Crippen molar-refractivity contribution in [1.82, 2.24) is 9.97 Å². The molecule has 2 amide bonds. The molecule has 0 spiro atoms. The lowest BCUT2D eigenvalue weighted by Crippen LogP contribution is -2.11. The van der Waals surface area contributed by atoms with Gasteiger partial charge in [-0.05, 0) is 24.3 Å². The van der Waals surface area contributed by atoms with E-state index in [1.54, 1.807) is 35.8 Å². The number of nitrogens with one attached hydrogen (secondary N) is 2. The highest BCUT2D eigenvalue weighted by molar-refractivity contribution is 7.14. The van der Waals surface area contributed by atoms with Crippen LogP contribution in [-0.2, 0) is 0 Å². The smallest absolute Gasteiger partial charge is 0.265 e. The second kappa shape index (κ2) is 6.36. The van der Waals surface area contributed by atoms with Crippen LogP contribution >= 0.6 is 11.3 Å². The number of carbonyl (C=O) groups excluding carboxylic acids is 2. The number of H-pyrrole nitrogens is 1. The Labute approximate surface area is 140 Å². The number of rotatable bonds is 4. The van der Waals surface area contributed by atoms with Gasteiger partial charge in [-0.3, -0.25) is 14.9 Å². The summed E-state index contributed by atoms with van der Waals surface area (Å²) in [4.78, 5) is 30.4. The summed E-state index contributed by atoms with van der Waals surface area (Å²) in [7, 11) is 0. The van der Waals surface area contributed by atoms with Crippen molar-refractivity contribution >= 4 is 28.3 Å². The number of amides is 2. The van der Waals surface area contributed by atoms with Gasteiger partial charge in [0.15, 0.2) is 5.13 Å². The van der Waals surface area contributed by atoms with Gasteiger partial charge >= 0.3 is 0 Å². The molecule has 3 aromatic rings. The normalized spacial score (nSPS) is 10.1. The van der Waals surface area contributed by atoms with Crippen LogP contribution in [-0.4, -0.2) is 21.8 Å². The van der Waals surface area contributed by atoms with Crippen LogP contribution in [0.2, 0.25) is 0 Å². The molecule has 0 aliphatic carbocycles. The highest BCUT2D eigenvalue weighted by Gasteiger charge is 2.12. The number of nitrogens with zero attached hydrogens (tertiary/aromatic N) is 2. The van der Waals surface area contributed by atoms with Gasteiger partial charge in [-0.25, -0.2) is 4.98 Å². The first-order chi connectivity index (χ1) is 11.6. The lowest BCUT2D eigenvalue weighted by atomic mass is 10.1. The molecule has 0 unspecified atom stereocenters. The number of benzene rings is 1. The van der Waals surface area contributed by atoms with Gasteiger partial charge in [0, 0.05) is 22.7 Å². The molecular weight excluding hydrogens is 326 g/mol. The second-order valence-corrected chi connectivity index (χ2v) is 5.71. The SMILES string of the molecule is N#Cc1cccc(C(=O)Nc2nc(-c3c[nH]c(C(N)=O)c3)cs2)c1. The molecule has 8 heteroatoms. The fraction of sp³-hybridized carbons (Fsp3) is 0. The summed E-state index contributed by atoms with van der Waals surface area (Å²) < 4.78 is 0. The molecule has 0 aliphatic heterocycles. The van der Waals surface area contributed by atoms with Gasteiger partial charge < -0.3 is 10.7 Å². The maximum atomic E-state index is 12.2. The van der Waals surface area contributed by atoms with E-state index in [0.717, 1.165) is 0 Å². The molecule has 0 saturated carbocycles. The van der Waals surface area contributed by atoms with E-state index in [9.17, 15) is 9.59 Å². The first kappa shape index (κ1) is 15.5. The molecule has 3 rings (SSSR count). The lowest BCUT2D eigenvalue weighted by molar-refractivity contribution is 0.0994. The van der Waals surface area contributed by atoms with E-state index in [1.807, 2.05) is 6.07 Å². The fourth-order valence-corrected chi connectivity index (χ4v) is 2.76. The fourth-order valence-electron chi connectivity index (χ4n) is 2.05. The molecule has 0 radical (unpaired) electrons. The molecule has 1 aromatic carbocycles. The van der Waals surface area contributed by atoms with E-state index in [4.69, 9.17) is 11.0 Å². The zero-order valence-electron chi connectivity index (χ0n) is 12.2. The van der Waals surface area contributed by atoms with E-state index in [1.165, 1.54) is 17.4 Å². The summed E-state index contributed by atoms with van der Waals surface area (Å²) in [5.41, 5.74) is 7.59. The molecule has 4 N–H and O–H groups in total. The summed E-state index contributed by atoms with van der Waals surface area (Å²) in [6, 6.07) is 9.99. The van der Waals surface area contributed by atoms with Gasteiger partial charge in [-0.2, -0.15) is 5.26 Å². The molecular formula is C16H11N5O2S. The highest BCUT2D eigenvalue weighted by atomic mass is 32.1. The number of nitriles is 1. The Balaban J connectivity index is 1.77. The third-order valence-corrected chi connectivity index (χ3v) is 3.98. The van der Waals surface area contributed by atoms with Gasteiger partial charge in [0.25, 0.3) is 11.8 Å². The van der Waals surface area contributed by atoms with Crippen molar-refractivity contribution < 1.29 is 9.59 Å². The van der Waals surface area contributed by atoms with Gasteiger partial charge in [0.05, 0.1) is 17.3 Å². The molecule has 0 atom stereocenters. The Morgan fingerprint density at radius 3 is 2.88 bits per heavy atom. The van der Waals surface area contributed by atoms with Crippen molar-refractivity contribution in [3.8, 4) is 17.3 Å².